The summed E-state index contributed by atoms with van der Waals surface area (Å²) in [5, 5.41) is 19.1. The minimum Gasteiger partial charge on any atom is -0.545 e. The number of urea groups is 1. The number of likely N-dealkylation sites (tertiary alicyclic amines) is 1. The molecule has 2 aromatic heterocycles. The second kappa shape index (κ2) is 26.2. The number of imidazole rings is 2. The van der Waals surface area contributed by atoms with Crippen LogP contribution < -0.4 is 0 Å². The van der Waals surface area contributed by atoms with Crippen molar-refractivity contribution < 1.29 is 68.8 Å². The van der Waals surface area contributed by atoms with Crippen LogP contribution in [0.25, 0.3) is 0 Å². The molecule has 209 valence electrons. The molecule has 1 aliphatic rings. The second-order valence-electron chi connectivity index (χ2n) is 6.53. The average molecular weight is 707 g/mol. The summed E-state index contributed by atoms with van der Waals surface area (Å²) >= 11 is 0. The Morgan fingerprint density at radius 3 is 1.61 bits per heavy atom. The van der Waals surface area contributed by atoms with Crippen LogP contribution in [0.2, 0.25) is 0 Å². The molecule has 0 saturated carbocycles. The molecule has 0 aromatic carbocycles. The normalized spacial score (nSPS) is 12.0. The Morgan fingerprint density at radius 2 is 1.32 bits per heavy atom. The van der Waals surface area contributed by atoms with Gasteiger partial charge in [-0.15, -0.1) is 0 Å². The molecule has 1 atom stereocenters. The van der Waals surface area contributed by atoms with E-state index >= 15 is 0 Å². The van der Waals surface area contributed by atoms with Gasteiger partial charge in [-0.25, -0.2) is 14.8 Å². The van der Waals surface area contributed by atoms with E-state index in [1.54, 1.807) is 17.3 Å². The Morgan fingerprint density at radius 1 is 0.947 bits per heavy atom. The molecule has 38 heavy (non-hydrogen) atoms. The van der Waals surface area contributed by atoms with Crippen molar-refractivity contribution in [2.75, 3.05) is 6.54 Å². The molecule has 2 N–H and O–H groups in total. The van der Waals surface area contributed by atoms with Crippen molar-refractivity contribution in [1.82, 2.24) is 28.9 Å². The average Bonchev–Trinajstić information content (AvgIpc) is 3.65. The maximum atomic E-state index is 13.1. The van der Waals surface area contributed by atoms with Gasteiger partial charge in [0, 0.05) is 65.9 Å². The van der Waals surface area contributed by atoms with Crippen LogP contribution in [0.5, 0.6) is 0 Å². The summed E-state index contributed by atoms with van der Waals surface area (Å²) in [6, 6.07) is -0.235. The Hall–Kier alpha value is -3.89. The largest absolute Gasteiger partial charge is 0.545 e. The molecule has 18 heteroatoms. The molecule has 2 amide bonds. The van der Waals surface area contributed by atoms with Gasteiger partial charge in [0.15, 0.2) is 0 Å². The summed E-state index contributed by atoms with van der Waals surface area (Å²) in [5.41, 5.74) is 0. The van der Waals surface area contributed by atoms with Gasteiger partial charge >= 0.3 is 25.5 Å². The summed E-state index contributed by atoms with van der Waals surface area (Å²) < 4.78 is 3.72. The Bertz CT molecular complexity index is 905. The third-order valence-electron chi connectivity index (χ3n) is 4.67. The number of rotatable bonds is 5. The van der Waals surface area contributed by atoms with Crippen molar-refractivity contribution in [3.05, 3.63) is 36.4 Å². The van der Waals surface area contributed by atoms with E-state index in [0.29, 0.717) is 26.1 Å². The molecular formula is C20H26BN6O10Re-3. The zero-order valence-electron chi connectivity index (χ0n) is 20.5. The fraction of sp³-hybridized carbons (Fsp3) is 0.400. The van der Waals surface area contributed by atoms with Crippen LogP contribution in [0.3, 0.4) is 0 Å². The molecule has 2 aromatic rings. The number of carbonyl (C=O) groups excluding carboxylic acids is 8. The number of hydrogen-bond acceptors (Lipinski definition) is 12. The second-order valence-corrected chi connectivity index (χ2v) is 6.53. The molecule has 0 aliphatic carbocycles. The monoisotopic (exact) mass is 708 g/mol. The first-order valence-corrected chi connectivity index (χ1v) is 9.84. The summed E-state index contributed by atoms with van der Waals surface area (Å²) in [7, 11) is 2.22. The van der Waals surface area contributed by atoms with Crippen molar-refractivity contribution in [2.24, 2.45) is 14.1 Å². The van der Waals surface area contributed by atoms with Crippen LogP contribution in [0, 0.1) is 0 Å². The van der Waals surface area contributed by atoms with Gasteiger partial charge in [-0.1, -0.05) is 0 Å². The van der Waals surface area contributed by atoms with Gasteiger partial charge in [0.1, 0.15) is 11.6 Å². The van der Waals surface area contributed by atoms with Gasteiger partial charge in [-0.05, 0) is 12.8 Å². The minimum atomic E-state index is -1.53. The minimum absolute atomic E-state index is 0. The van der Waals surface area contributed by atoms with Gasteiger partial charge < -0.3 is 43.4 Å². The maximum Gasteiger partial charge on any atom is 0.475 e. The van der Waals surface area contributed by atoms with E-state index in [1.165, 1.54) is 4.90 Å². The fourth-order valence-electron chi connectivity index (χ4n) is 3.15. The van der Waals surface area contributed by atoms with Gasteiger partial charge in [0.25, 0.3) is 0 Å². The third-order valence-corrected chi connectivity index (χ3v) is 4.67. The zero-order valence-corrected chi connectivity index (χ0v) is 23.2. The summed E-state index contributed by atoms with van der Waals surface area (Å²) in [6.45, 7) is 10.9. The number of nitrogens with zero attached hydrogens (tertiary/aromatic N) is 6. The number of amides is 2. The topological polar surface area (TPSA) is 219 Å². The number of carbonyl (C=O) groups is 1. The van der Waals surface area contributed by atoms with Crippen molar-refractivity contribution in [3.8, 4) is 0 Å². The van der Waals surface area contributed by atoms with Crippen LogP contribution in [-0.4, -0.2) is 97.3 Å². The van der Waals surface area contributed by atoms with Crippen molar-refractivity contribution in [1.29, 1.82) is 0 Å². The van der Waals surface area contributed by atoms with Crippen LogP contribution in [0.1, 0.15) is 24.5 Å². The first-order chi connectivity index (χ1) is 17.8. The predicted octanol–water partition coefficient (Wildman–Crippen LogP) is -2.24. The van der Waals surface area contributed by atoms with E-state index in [2.05, 4.69) is 30.3 Å². The zero-order chi connectivity index (χ0) is 29.4. The van der Waals surface area contributed by atoms with E-state index in [-0.39, 0.29) is 38.8 Å². The van der Waals surface area contributed by atoms with Gasteiger partial charge in [0.2, 0.25) is 0 Å². The smallest absolute Gasteiger partial charge is 0.475 e. The molecular weight excluding hydrogens is 681 g/mol. The van der Waals surface area contributed by atoms with Gasteiger partial charge in [-0.3, -0.25) is 20.4 Å². The molecule has 16 nitrogen and oxygen atoms in total. The molecule has 1 unspecified atom stereocenters. The number of hydrogen-bond donors (Lipinski definition) is 2. The molecule has 1 radical (unpaired) electrons. The third kappa shape index (κ3) is 14.6. The van der Waals surface area contributed by atoms with E-state index in [1.807, 2.05) is 35.6 Å². The number of aryl methyl sites for hydroxylation is 2. The van der Waals surface area contributed by atoms with E-state index in [4.69, 9.17) is 33.6 Å². The number of aromatic nitrogens is 4. The molecule has 1 aliphatic heterocycles. The van der Waals surface area contributed by atoms with Gasteiger partial charge in [-0.2, -0.15) is 19.2 Å². The summed E-state index contributed by atoms with van der Waals surface area (Å²) in [6.07, 6.45) is 8.88. The molecule has 0 spiro atoms. The van der Waals surface area contributed by atoms with Crippen molar-refractivity contribution in [2.45, 2.75) is 31.9 Å². The fourth-order valence-corrected chi connectivity index (χ4v) is 3.15. The summed E-state index contributed by atoms with van der Waals surface area (Å²) in [5.74, 6) is 0.934. The molecule has 1 saturated heterocycles. The van der Waals surface area contributed by atoms with E-state index in [9.17, 15) is 14.8 Å². The molecule has 3 rings (SSSR count). The van der Waals surface area contributed by atoms with E-state index < -0.39 is 13.1 Å². The Balaban J connectivity index is -0.000000387. The van der Waals surface area contributed by atoms with Crippen molar-refractivity contribution >= 4 is 45.8 Å². The molecule has 0 bridgehead atoms. The SMILES string of the molecule is Cn1ccnc1CN(Cc1nccn1C)C(=O)N1CCCC1B(O)O.O=C=O.O=C=O.[CH-]=O.[CH-]=O.[CH-]=O.[Re]. The first-order valence-electron chi connectivity index (χ1n) is 9.84. The van der Waals surface area contributed by atoms with Crippen LogP contribution >= 0.6 is 0 Å². The predicted molar refractivity (Wildman–Crippen MR) is 121 cm³/mol. The molecule has 3 heterocycles. The van der Waals surface area contributed by atoms with Gasteiger partial charge in [0.05, 0.1) is 19.0 Å². The van der Waals surface area contributed by atoms with Crippen LogP contribution in [-0.2, 0) is 81.2 Å². The quantitative estimate of drug-likeness (QED) is 0.192. The molecule has 1 fully saturated rings. The summed E-state index contributed by atoms with van der Waals surface area (Å²) in [4.78, 5) is 80.6. The first kappa shape index (κ1) is 41.2. The van der Waals surface area contributed by atoms with Crippen LogP contribution in [0.4, 0.5) is 4.79 Å². The maximum absolute atomic E-state index is 13.1. The Labute approximate surface area is 232 Å². The Kier molecular flexibility index (Phi) is 28.4. The van der Waals surface area contributed by atoms with E-state index in [0.717, 1.165) is 18.1 Å². The standard InChI is InChI=1S/C15H23BN6O3.2CO2.3CHO.Re/c1-19-8-5-17-13(19)10-21(11-14-18-6-9-20(14)2)15(23)22-7-3-4-12(22)16(24)25;2*2-1-3;3*1-2;/h5-6,8-9,12,24-25H,3-4,7,10-11H2,1-2H3;;;3*1H;/q;;;3*-1;. The van der Waals surface area contributed by atoms with Crippen LogP contribution in [0.15, 0.2) is 24.8 Å². The van der Waals surface area contributed by atoms with Crippen molar-refractivity contribution in [3.63, 3.8) is 0 Å².